The van der Waals surface area contributed by atoms with Crippen LogP contribution >= 0.6 is 0 Å². The summed E-state index contributed by atoms with van der Waals surface area (Å²) in [5.74, 6) is -1.05. The maximum atomic E-state index is 13.8. The van der Waals surface area contributed by atoms with E-state index in [1.54, 1.807) is 0 Å². The number of aromatic nitrogens is 2. The second-order valence-corrected chi connectivity index (χ2v) is 5.23. The van der Waals surface area contributed by atoms with E-state index in [0.29, 0.717) is 5.56 Å². The number of aromatic amines is 1. The number of nitrogens with two attached hydrogens (primary N) is 1. The van der Waals surface area contributed by atoms with Gasteiger partial charge in [0.2, 0.25) is 0 Å². The Morgan fingerprint density at radius 2 is 1.89 bits per heavy atom. The summed E-state index contributed by atoms with van der Waals surface area (Å²) in [5.41, 5.74) is 7.00. The van der Waals surface area contributed by atoms with Crippen molar-refractivity contribution < 1.29 is 8.78 Å². The highest BCUT2D eigenvalue weighted by Crippen LogP contribution is 2.36. The Morgan fingerprint density at radius 1 is 1.22 bits per heavy atom. The van der Waals surface area contributed by atoms with E-state index in [0.717, 1.165) is 11.8 Å². The van der Waals surface area contributed by atoms with Gasteiger partial charge in [0.1, 0.15) is 11.6 Å². The summed E-state index contributed by atoms with van der Waals surface area (Å²) >= 11 is 0. The van der Waals surface area contributed by atoms with Gasteiger partial charge in [-0.15, -0.1) is 0 Å². The molecule has 0 atom stereocenters. The quantitative estimate of drug-likeness (QED) is 0.817. The Hall–Kier alpha value is -1.91. The molecule has 3 N–H and O–H groups in total. The van der Waals surface area contributed by atoms with Crippen molar-refractivity contribution in [1.82, 2.24) is 10.2 Å². The zero-order chi connectivity index (χ0) is 13.5. The summed E-state index contributed by atoms with van der Waals surface area (Å²) < 4.78 is 26.8. The first-order valence-electron chi connectivity index (χ1n) is 5.60. The molecule has 1 heterocycles. The fraction of sp³-hybridized carbons (Fsp3) is 0.308. The number of hydrogen-bond donors (Lipinski definition) is 2. The van der Waals surface area contributed by atoms with Gasteiger partial charge in [0, 0.05) is 17.0 Å². The van der Waals surface area contributed by atoms with E-state index in [9.17, 15) is 8.78 Å². The lowest BCUT2D eigenvalue weighted by molar-refractivity contribution is 0.565. The average Bonchev–Trinajstić information content (AvgIpc) is 2.60. The van der Waals surface area contributed by atoms with Crippen molar-refractivity contribution in [2.75, 3.05) is 5.73 Å². The number of nitrogen functional groups attached to an aromatic ring is 1. The maximum absolute atomic E-state index is 13.8. The third kappa shape index (κ3) is 2.08. The molecule has 96 valence electrons. The molecule has 3 nitrogen and oxygen atoms in total. The number of rotatable bonds is 1. The number of benzene rings is 1. The van der Waals surface area contributed by atoms with Crippen LogP contribution in [0.5, 0.6) is 0 Å². The van der Waals surface area contributed by atoms with Gasteiger partial charge < -0.3 is 5.73 Å². The van der Waals surface area contributed by atoms with Gasteiger partial charge in [-0.05, 0) is 12.1 Å². The van der Waals surface area contributed by atoms with Crippen molar-refractivity contribution in [3.8, 4) is 11.1 Å². The normalized spacial score (nSPS) is 11.8. The van der Waals surface area contributed by atoms with Crippen molar-refractivity contribution in [3.05, 3.63) is 35.5 Å². The lowest BCUT2D eigenvalue weighted by atomic mass is 9.87. The Morgan fingerprint density at radius 3 is 2.44 bits per heavy atom. The van der Waals surface area contributed by atoms with E-state index < -0.39 is 11.6 Å². The third-order valence-electron chi connectivity index (χ3n) is 2.74. The second kappa shape index (κ2) is 4.08. The minimum Gasteiger partial charge on any atom is -0.382 e. The van der Waals surface area contributed by atoms with E-state index in [4.69, 9.17) is 5.73 Å². The molecule has 0 fully saturated rings. The minimum atomic E-state index is -0.645. The predicted octanol–water partition coefficient (Wildman–Crippen LogP) is 3.23. The summed E-state index contributed by atoms with van der Waals surface area (Å²) in [5, 5.41) is 6.73. The van der Waals surface area contributed by atoms with Crippen molar-refractivity contribution in [2.24, 2.45) is 0 Å². The topological polar surface area (TPSA) is 54.7 Å². The van der Waals surface area contributed by atoms with Crippen LogP contribution < -0.4 is 5.73 Å². The first-order chi connectivity index (χ1) is 8.30. The van der Waals surface area contributed by atoms with Gasteiger partial charge in [0.05, 0.1) is 11.3 Å². The molecule has 2 rings (SSSR count). The van der Waals surface area contributed by atoms with E-state index in [-0.39, 0.29) is 16.8 Å². The molecule has 0 saturated heterocycles. The molecule has 0 aliphatic rings. The highest BCUT2D eigenvalue weighted by atomic mass is 19.1. The van der Waals surface area contributed by atoms with Crippen LogP contribution in [0, 0.1) is 11.6 Å². The van der Waals surface area contributed by atoms with Crippen LogP contribution in [-0.4, -0.2) is 10.2 Å². The van der Waals surface area contributed by atoms with Crippen LogP contribution in [0.1, 0.15) is 26.5 Å². The Labute approximate surface area is 104 Å². The summed E-state index contributed by atoms with van der Waals surface area (Å²) in [6, 6.07) is 3.42. The van der Waals surface area contributed by atoms with Crippen molar-refractivity contribution in [2.45, 2.75) is 26.2 Å². The number of halogens is 2. The first kappa shape index (κ1) is 12.5. The molecule has 18 heavy (non-hydrogen) atoms. The van der Waals surface area contributed by atoms with Gasteiger partial charge in [0.25, 0.3) is 0 Å². The lowest BCUT2D eigenvalue weighted by Crippen LogP contribution is -2.13. The monoisotopic (exact) mass is 251 g/mol. The van der Waals surface area contributed by atoms with Crippen LogP contribution in [-0.2, 0) is 5.41 Å². The molecular formula is C13H15F2N3. The zero-order valence-electron chi connectivity index (χ0n) is 10.5. The van der Waals surface area contributed by atoms with Gasteiger partial charge in [-0.1, -0.05) is 20.8 Å². The van der Waals surface area contributed by atoms with Gasteiger partial charge in [-0.25, -0.2) is 8.78 Å². The number of nitrogens with zero attached hydrogens (tertiary/aromatic N) is 1. The van der Waals surface area contributed by atoms with E-state index in [1.807, 2.05) is 20.8 Å². The van der Waals surface area contributed by atoms with Crippen LogP contribution in [0.4, 0.5) is 14.6 Å². The van der Waals surface area contributed by atoms with Crippen LogP contribution in [0.25, 0.3) is 11.1 Å². The molecule has 0 aliphatic heterocycles. The Kier molecular flexibility index (Phi) is 2.84. The minimum absolute atomic E-state index is 0.213. The van der Waals surface area contributed by atoms with Crippen LogP contribution in [0.15, 0.2) is 18.2 Å². The molecule has 0 saturated carbocycles. The summed E-state index contributed by atoms with van der Waals surface area (Å²) in [6.07, 6.45) is 0. The molecule has 5 heteroatoms. The van der Waals surface area contributed by atoms with Crippen LogP contribution in [0.3, 0.4) is 0 Å². The summed E-state index contributed by atoms with van der Waals surface area (Å²) in [4.78, 5) is 0. The molecule has 0 aliphatic carbocycles. The molecule has 0 unspecified atom stereocenters. The highest BCUT2D eigenvalue weighted by Gasteiger charge is 2.25. The van der Waals surface area contributed by atoms with E-state index >= 15 is 0 Å². The molecule has 0 spiro atoms. The number of hydrogen-bond acceptors (Lipinski definition) is 2. The third-order valence-corrected chi connectivity index (χ3v) is 2.74. The molecule has 0 amide bonds. The van der Waals surface area contributed by atoms with Gasteiger partial charge in [-0.2, -0.15) is 5.10 Å². The molecule has 0 radical (unpaired) electrons. The fourth-order valence-electron chi connectivity index (χ4n) is 1.86. The molecule has 2 aromatic rings. The number of H-pyrrole nitrogens is 1. The fourth-order valence-corrected chi connectivity index (χ4v) is 1.86. The van der Waals surface area contributed by atoms with Crippen molar-refractivity contribution in [1.29, 1.82) is 0 Å². The van der Waals surface area contributed by atoms with E-state index in [2.05, 4.69) is 10.2 Å². The van der Waals surface area contributed by atoms with Crippen molar-refractivity contribution >= 4 is 5.82 Å². The summed E-state index contributed by atoms with van der Waals surface area (Å²) in [7, 11) is 0. The number of nitrogens with one attached hydrogen (secondary N) is 1. The zero-order valence-corrected chi connectivity index (χ0v) is 10.5. The molecule has 1 aromatic heterocycles. The Bertz CT molecular complexity index is 582. The lowest BCUT2D eigenvalue weighted by Gasteiger charge is -2.18. The predicted molar refractivity (Wildman–Crippen MR) is 67.1 cm³/mol. The highest BCUT2D eigenvalue weighted by molar-refractivity contribution is 5.77. The largest absolute Gasteiger partial charge is 0.382 e. The maximum Gasteiger partial charge on any atom is 0.153 e. The van der Waals surface area contributed by atoms with Gasteiger partial charge in [0.15, 0.2) is 5.82 Å². The summed E-state index contributed by atoms with van der Waals surface area (Å²) in [6.45, 7) is 5.89. The molecular weight excluding hydrogens is 236 g/mol. The molecule has 1 aromatic carbocycles. The SMILES string of the molecule is CC(C)(C)c1[nH]nc(N)c1-c1ccc(F)cc1F. The van der Waals surface area contributed by atoms with Gasteiger partial charge >= 0.3 is 0 Å². The standard InChI is InChI=1S/C13H15F2N3/c1-13(2,3)11-10(12(16)18-17-11)8-5-4-7(14)6-9(8)15/h4-6H,1-3H3,(H3,16,17,18). The Balaban J connectivity index is 2.67. The van der Waals surface area contributed by atoms with Crippen LogP contribution in [0.2, 0.25) is 0 Å². The second-order valence-electron chi connectivity index (χ2n) is 5.23. The van der Waals surface area contributed by atoms with Gasteiger partial charge in [-0.3, -0.25) is 5.10 Å². The van der Waals surface area contributed by atoms with E-state index in [1.165, 1.54) is 12.1 Å². The molecule has 0 bridgehead atoms. The average molecular weight is 251 g/mol. The number of anilines is 1. The van der Waals surface area contributed by atoms with Crippen molar-refractivity contribution in [3.63, 3.8) is 0 Å². The first-order valence-corrected chi connectivity index (χ1v) is 5.60. The smallest absolute Gasteiger partial charge is 0.153 e.